The Morgan fingerprint density at radius 3 is 2.47 bits per heavy atom. The molecule has 34 heavy (non-hydrogen) atoms. The molecule has 0 radical (unpaired) electrons. The van der Waals surface area contributed by atoms with Gasteiger partial charge in [0.25, 0.3) is 0 Å². The smallest absolute Gasteiger partial charge is 0.247 e. The lowest BCUT2D eigenvalue weighted by Crippen LogP contribution is -2.33. The predicted octanol–water partition coefficient (Wildman–Crippen LogP) is 1.13. The van der Waals surface area contributed by atoms with Crippen LogP contribution in [0.5, 0.6) is 0 Å². The number of hydrazone groups is 1. The first kappa shape index (κ1) is 21.9. The molecule has 0 saturated carbocycles. The second-order valence-corrected chi connectivity index (χ2v) is 7.84. The zero-order chi connectivity index (χ0) is 23.7. The largest absolute Gasteiger partial charge is 0.394 e. The van der Waals surface area contributed by atoms with E-state index >= 15 is 0 Å². The van der Waals surface area contributed by atoms with E-state index < -0.39 is 31.1 Å². The third kappa shape index (κ3) is 4.08. The summed E-state index contributed by atoms with van der Waals surface area (Å²) in [6.45, 7) is -0.438. The summed E-state index contributed by atoms with van der Waals surface area (Å²) < 4.78 is 7.01. The van der Waals surface area contributed by atoms with Crippen LogP contribution in [0.4, 0.5) is 11.8 Å². The molecule has 5 rings (SSSR count). The van der Waals surface area contributed by atoms with E-state index in [4.69, 9.17) is 10.5 Å². The fourth-order valence-electron chi connectivity index (χ4n) is 3.84. The molecule has 0 amide bonds. The number of aliphatic hydroxyl groups excluding tert-OH is 3. The van der Waals surface area contributed by atoms with E-state index in [0.29, 0.717) is 5.52 Å². The Labute approximate surface area is 194 Å². The number of aromatic nitrogens is 4. The molecule has 1 aliphatic heterocycles. The third-order valence-electron chi connectivity index (χ3n) is 5.64. The number of nitrogens with two attached hydrogens (primary N) is 1. The van der Waals surface area contributed by atoms with E-state index in [1.165, 1.54) is 10.9 Å². The number of aliphatic hydroxyl groups is 3. The lowest BCUT2D eigenvalue weighted by molar-refractivity contribution is -0.0511. The average Bonchev–Trinajstić information content (AvgIpc) is 3.41. The molecule has 0 spiro atoms. The lowest BCUT2D eigenvalue weighted by atomic mass is 10.0. The zero-order valence-electron chi connectivity index (χ0n) is 17.9. The number of hydrogen-bond donors (Lipinski definition) is 5. The summed E-state index contributed by atoms with van der Waals surface area (Å²) in [5.74, 6) is 0.232. The molecule has 0 aliphatic carbocycles. The van der Waals surface area contributed by atoms with Crippen molar-refractivity contribution < 1.29 is 20.1 Å². The van der Waals surface area contributed by atoms with Gasteiger partial charge in [-0.2, -0.15) is 15.1 Å². The molecule has 2 aromatic carbocycles. The molecular formula is C23H23N7O4. The van der Waals surface area contributed by atoms with Crippen molar-refractivity contribution in [2.45, 2.75) is 24.5 Å². The summed E-state index contributed by atoms with van der Waals surface area (Å²) >= 11 is 0. The van der Waals surface area contributed by atoms with Crippen LogP contribution in [0.1, 0.15) is 11.8 Å². The highest BCUT2D eigenvalue weighted by Gasteiger charge is 2.44. The summed E-state index contributed by atoms with van der Waals surface area (Å²) in [4.78, 5) is 12.7. The fourth-order valence-corrected chi connectivity index (χ4v) is 3.84. The van der Waals surface area contributed by atoms with E-state index in [9.17, 15) is 15.3 Å². The van der Waals surface area contributed by atoms with Gasteiger partial charge < -0.3 is 25.8 Å². The highest BCUT2D eigenvalue weighted by molar-refractivity contribution is 5.84. The van der Waals surface area contributed by atoms with Crippen molar-refractivity contribution in [1.29, 1.82) is 0 Å². The molecule has 4 atom stereocenters. The summed E-state index contributed by atoms with van der Waals surface area (Å²) in [6, 6.07) is 18.0. The van der Waals surface area contributed by atoms with Gasteiger partial charge in [0, 0.05) is 0 Å². The summed E-state index contributed by atoms with van der Waals surface area (Å²) in [7, 11) is 0. The monoisotopic (exact) mass is 461 g/mol. The van der Waals surface area contributed by atoms with Crippen LogP contribution in [0.3, 0.4) is 0 Å². The van der Waals surface area contributed by atoms with Crippen LogP contribution in [-0.2, 0) is 4.74 Å². The van der Waals surface area contributed by atoms with E-state index in [2.05, 4.69) is 25.5 Å². The average molecular weight is 461 g/mol. The Morgan fingerprint density at radius 2 is 1.76 bits per heavy atom. The number of nitrogens with one attached hydrogen (secondary N) is 1. The van der Waals surface area contributed by atoms with Gasteiger partial charge in [-0.1, -0.05) is 54.6 Å². The number of imidazole rings is 1. The molecule has 2 aromatic heterocycles. The molecule has 3 heterocycles. The van der Waals surface area contributed by atoms with Gasteiger partial charge in [0.2, 0.25) is 5.95 Å². The Bertz CT molecular complexity index is 1310. The molecule has 1 aliphatic rings. The van der Waals surface area contributed by atoms with Crippen molar-refractivity contribution in [3.8, 4) is 11.1 Å². The van der Waals surface area contributed by atoms with Gasteiger partial charge >= 0.3 is 0 Å². The predicted molar refractivity (Wildman–Crippen MR) is 126 cm³/mol. The molecule has 11 nitrogen and oxygen atoms in total. The summed E-state index contributed by atoms with van der Waals surface area (Å²) in [6.07, 6.45) is -1.43. The number of hydrogen-bond acceptors (Lipinski definition) is 10. The molecule has 174 valence electrons. The van der Waals surface area contributed by atoms with Crippen LogP contribution < -0.4 is 11.2 Å². The van der Waals surface area contributed by atoms with E-state index in [-0.39, 0.29) is 17.4 Å². The Morgan fingerprint density at radius 1 is 1.03 bits per heavy atom. The van der Waals surface area contributed by atoms with Crippen molar-refractivity contribution >= 4 is 29.1 Å². The number of nitrogens with zero attached hydrogens (tertiary/aromatic N) is 5. The summed E-state index contributed by atoms with van der Waals surface area (Å²) in [5.41, 5.74) is 12.5. The minimum atomic E-state index is -1.28. The Hall–Kier alpha value is -3.90. The molecule has 6 N–H and O–H groups in total. The maximum absolute atomic E-state index is 10.3. The van der Waals surface area contributed by atoms with Crippen molar-refractivity contribution in [2.24, 2.45) is 5.10 Å². The number of benzene rings is 2. The molecule has 0 bridgehead atoms. The summed E-state index contributed by atoms with van der Waals surface area (Å²) in [5, 5.41) is 33.9. The molecule has 1 saturated heterocycles. The first-order chi connectivity index (χ1) is 16.5. The molecule has 4 aromatic rings. The van der Waals surface area contributed by atoms with Crippen LogP contribution in [0.2, 0.25) is 0 Å². The third-order valence-corrected chi connectivity index (χ3v) is 5.64. The number of anilines is 2. The van der Waals surface area contributed by atoms with Crippen LogP contribution in [-0.4, -0.2) is 66.0 Å². The number of ether oxygens (including phenoxy) is 1. The highest BCUT2D eigenvalue weighted by Crippen LogP contribution is 2.32. The van der Waals surface area contributed by atoms with Gasteiger partial charge in [-0.15, -0.1) is 0 Å². The molecule has 1 fully saturated rings. The van der Waals surface area contributed by atoms with Crippen LogP contribution >= 0.6 is 0 Å². The van der Waals surface area contributed by atoms with Crippen molar-refractivity contribution in [3.63, 3.8) is 0 Å². The van der Waals surface area contributed by atoms with Gasteiger partial charge in [0.15, 0.2) is 17.7 Å². The van der Waals surface area contributed by atoms with E-state index in [1.807, 2.05) is 54.6 Å². The number of rotatable bonds is 6. The van der Waals surface area contributed by atoms with Gasteiger partial charge in [-0.05, 0) is 16.7 Å². The first-order valence-corrected chi connectivity index (χ1v) is 10.6. The van der Waals surface area contributed by atoms with Crippen molar-refractivity contribution in [1.82, 2.24) is 19.5 Å². The Balaban J connectivity index is 1.34. The minimum Gasteiger partial charge on any atom is -0.394 e. The quantitative estimate of drug-likeness (QED) is 0.209. The zero-order valence-corrected chi connectivity index (χ0v) is 17.9. The van der Waals surface area contributed by atoms with Crippen LogP contribution in [0.25, 0.3) is 22.3 Å². The van der Waals surface area contributed by atoms with Gasteiger partial charge in [-0.25, -0.2) is 10.4 Å². The first-order valence-electron chi connectivity index (χ1n) is 10.6. The van der Waals surface area contributed by atoms with Crippen LogP contribution in [0, 0.1) is 0 Å². The number of nitrogen functional groups attached to an aromatic ring is 1. The van der Waals surface area contributed by atoms with Crippen molar-refractivity contribution in [2.75, 3.05) is 17.8 Å². The minimum absolute atomic E-state index is 0.111. The maximum Gasteiger partial charge on any atom is 0.247 e. The lowest BCUT2D eigenvalue weighted by Gasteiger charge is -2.16. The van der Waals surface area contributed by atoms with E-state index in [1.54, 1.807) is 6.21 Å². The van der Waals surface area contributed by atoms with Crippen molar-refractivity contribution in [3.05, 3.63) is 66.5 Å². The Kier molecular flexibility index (Phi) is 5.90. The maximum atomic E-state index is 10.3. The SMILES string of the molecule is Nc1nc(N/N=C/c2ccc(-c3ccccc3)cc2)nc2c1ncn2[C@@H]1O[C@H](CO)[C@H](O)C1O. The second-order valence-electron chi connectivity index (χ2n) is 7.84. The van der Waals surface area contributed by atoms with Gasteiger partial charge in [0.1, 0.15) is 23.8 Å². The van der Waals surface area contributed by atoms with Crippen LogP contribution in [0.15, 0.2) is 66.0 Å². The van der Waals surface area contributed by atoms with Gasteiger partial charge in [0.05, 0.1) is 19.1 Å². The van der Waals surface area contributed by atoms with E-state index in [0.717, 1.165) is 16.7 Å². The molecule has 1 unspecified atom stereocenters. The normalized spacial score (nSPS) is 22.6. The molecular weight excluding hydrogens is 438 g/mol. The fraction of sp³-hybridized carbons (Fsp3) is 0.217. The number of fused-ring (bicyclic) bond motifs is 1. The second kappa shape index (κ2) is 9.15. The highest BCUT2D eigenvalue weighted by atomic mass is 16.6. The molecule has 11 heteroatoms. The topological polar surface area (TPSA) is 164 Å². The standard InChI is InChI=1S/C23H23N7O4/c24-20-17-21(30(12-25-17)22-19(33)18(32)16(11-31)34-22)28-23(27-20)29-26-10-13-6-8-15(9-7-13)14-4-2-1-3-5-14/h1-10,12,16,18-19,22,31-33H,11H2,(H3,24,27,28,29)/b26-10+/t16-,18+,19?,22-/m1/s1. The van der Waals surface area contributed by atoms with Gasteiger partial charge in [-0.3, -0.25) is 4.57 Å².